The molecule has 4 aromatic rings. The van der Waals surface area contributed by atoms with Crippen LogP contribution in [-0.2, 0) is 24.1 Å². The van der Waals surface area contributed by atoms with Crippen LogP contribution in [-0.4, -0.2) is 55.3 Å². The minimum absolute atomic E-state index is 0.0159. The van der Waals surface area contributed by atoms with Gasteiger partial charge in [0.2, 0.25) is 11.8 Å². The molecule has 3 aromatic heterocycles. The highest BCUT2D eigenvalue weighted by molar-refractivity contribution is 7.92. The first-order valence-corrected chi connectivity index (χ1v) is 11.7. The van der Waals surface area contributed by atoms with Gasteiger partial charge < -0.3 is 9.84 Å². The van der Waals surface area contributed by atoms with E-state index in [4.69, 9.17) is 4.74 Å². The Labute approximate surface area is 191 Å². The fraction of sp³-hybridized carbons (Fsp3) is 0.333. The lowest BCUT2D eigenvalue weighted by atomic mass is 10.1. The molecule has 0 saturated heterocycles. The van der Waals surface area contributed by atoms with Gasteiger partial charge in [0.05, 0.1) is 35.8 Å². The molecule has 11 nitrogen and oxygen atoms in total. The highest BCUT2D eigenvalue weighted by Gasteiger charge is 2.20. The van der Waals surface area contributed by atoms with Crippen LogP contribution in [0.3, 0.4) is 0 Å². The Bertz CT molecular complexity index is 1400. The number of aliphatic hydroxyl groups is 1. The van der Waals surface area contributed by atoms with Crippen molar-refractivity contribution < 1.29 is 18.3 Å². The van der Waals surface area contributed by atoms with Crippen LogP contribution < -0.4 is 9.46 Å². The SMILES string of the molecule is Cn1cc(S(=O)(=O)Nc2nc(OCCC(C)(C)O)cc(-c3cccc4c3cnn4C)n2)cn1. The Morgan fingerprint density at radius 3 is 2.64 bits per heavy atom. The van der Waals surface area contributed by atoms with E-state index in [1.54, 1.807) is 37.8 Å². The van der Waals surface area contributed by atoms with Gasteiger partial charge in [-0.1, -0.05) is 12.1 Å². The molecule has 0 radical (unpaired) electrons. The predicted octanol–water partition coefficient (Wildman–Crippen LogP) is 2.10. The van der Waals surface area contributed by atoms with Gasteiger partial charge in [0.15, 0.2) is 0 Å². The van der Waals surface area contributed by atoms with Crippen LogP contribution in [0.2, 0.25) is 0 Å². The minimum atomic E-state index is -3.96. The van der Waals surface area contributed by atoms with Gasteiger partial charge in [-0.15, -0.1) is 0 Å². The summed E-state index contributed by atoms with van der Waals surface area (Å²) in [6.45, 7) is 3.54. The van der Waals surface area contributed by atoms with Crippen molar-refractivity contribution in [3.63, 3.8) is 0 Å². The third-order valence-electron chi connectivity index (χ3n) is 4.95. The van der Waals surface area contributed by atoms with Crippen molar-refractivity contribution >= 4 is 26.9 Å². The third-order valence-corrected chi connectivity index (χ3v) is 6.23. The number of nitrogens with one attached hydrogen (secondary N) is 1. The second-order valence-corrected chi connectivity index (χ2v) is 9.97. The second kappa shape index (κ2) is 8.45. The molecule has 0 atom stereocenters. The van der Waals surface area contributed by atoms with E-state index in [0.717, 1.165) is 16.5 Å². The number of anilines is 1. The molecular formula is C21H25N7O4S. The summed E-state index contributed by atoms with van der Waals surface area (Å²) in [5.74, 6) is 0.0320. The Kier molecular flexibility index (Phi) is 5.80. The molecule has 0 amide bonds. The normalized spacial score (nSPS) is 12.3. The number of benzene rings is 1. The number of hydrogen-bond donors (Lipinski definition) is 2. The van der Waals surface area contributed by atoms with Gasteiger partial charge in [0.25, 0.3) is 10.0 Å². The van der Waals surface area contributed by atoms with E-state index in [1.165, 1.54) is 17.1 Å². The summed E-state index contributed by atoms with van der Waals surface area (Å²) in [6, 6.07) is 7.30. The van der Waals surface area contributed by atoms with Crippen LogP contribution in [0.25, 0.3) is 22.2 Å². The number of aromatic nitrogens is 6. The first-order chi connectivity index (χ1) is 15.5. The van der Waals surface area contributed by atoms with Crippen LogP contribution in [0, 0.1) is 0 Å². The zero-order chi connectivity index (χ0) is 23.8. The van der Waals surface area contributed by atoms with Crippen LogP contribution >= 0.6 is 0 Å². The maximum absolute atomic E-state index is 12.8. The van der Waals surface area contributed by atoms with Gasteiger partial charge in [-0.25, -0.2) is 18.1 Å². The maximum atomic E-state index is 12.8. The molecule has 1 aromatic carbocycles. The number of hydrogen-bond acceptors (Lipinski definition) is 8. The summed E-state index contributed by atoms with van der Waals surface area (Å²) >= 11 is 0. The molecule has 3 heterocycles. The van der Waals surface area contributed by atoms with Gasteiger partial charge >= 0.3 is 0 Å². The average Bonchev–Trinajstić information content (AvgIpc) is 3.33. The molecule has 0 fully saturated rings. The molecule has 0 aliphatic rings. The number of sulfonamides is 1. The quantitative estimate of drug-likeness (QED) is 0.399. The van der Waals surface area contributed by atoms with Crippen LogP contribution in [0.1, 0.15) is 20.3 Å². The second-order valence-electron chi connectivity index (χ2n) is 8.29. The smallest absolute Gasteiger partial charge is 0.267 e. The largest absolute Gasteiger partial charge is 0.477 e. The van der Waals surface area contributed by atoms with Gasteiger partial charge in [0, 0.05) is 43.7 Å². The average molecular weight is 472 g/mol. The summed E-state index contributed by atoms with van der Waals surface area (Å²) in [7, 11) is -0.498. The van der Waals surface area contributed by atoms with Gasteiger partial charge in [-0.05, 0) is 19.9 Å². The summed E-state index contributed by atoms with van der Waals surface area (Å²) in [4.78, 5) is 8.65. The maximum Gasteiger partial charge on any atom is 0.267 e. The van der Waals surface area contributed by atoms with Crippen molar-refractivity contribution in [2.75, 3.05) is 11.3 Å². The number of rotatable bonds is 8. The third kappa shape index (κ3) is 5.12. The lowest BCUT2D eigenvalue weighted by molar-refractivity contribution is 0.0547. The van der Waals surface area contributed by atoms with E-state index in [2.05, 4.69) is 24.9 Å². The van der Waals surface area contributed by atoms with Crippen molar-refractivity contribution in [2.24, 2.45) is 14.1 Å². The Hall–Kier alpha value is -3.51. The Morgan fingerprint density at radius 1 is 1.15 bits per heavy atom. The molecule has 0 unspecified atom stereocenters. The monoisotopic (exact) mass is 471 g/mol. The summed E-state index contributed by atoms with van der Waals surface area (Å²) < 4.78 is 36.9. The standard InChI is InChI=1S/C21H25N7O4S/c1-21(2,29)8-9-32-19-10-17(15-6-5-7-18-16(15)12-23-28(18)4)24-20(25-19)26-33(30,31)14-11-22-27(3)13-14/h5-7,10-13,29H,8-9H2,1-4H3,(H,24,25,26). The lowest BCUT2D eigenvalue weighted by Gasteiger charge is -2.17. The highest BCUT2D eigenvalue weighted by atomic mass is 32.2. The molecule has 33 heavy (non-hydrogen) atoms. The van der Waals surface area contributed by atoms with E-state index in [9.17, 15) is 13.5 Å². The number of fused-ring (bicyclic) bond motifs is 1. The van der Waals surface area contributed by atoms with Crippen LogP contribution in [0.5, 0.6) is 5.88 Å². The first kappa shape index (κ1) is 22.7. The Balaban J connectivity index is 1.75. The van der Waals surface area contributed by atoms with Gasteiger partial charge in [-0.3, -0.25) is 9.36 Å². The van der Waals surface area contributed by atoms with E-state index in [1.807, 2.05) is 25.2 Å². The molecule has 0 spiro atoms. The van der Waals surface area contributed by atoms with Crippen molar-refractivity contribution in [3.8, 4) is 17.1 Å². The van der Waals surface area contributed by atoms with Crippen LogP contribution in [0.15, 0.2) is 47.8 Å². The van der Waals surface area contributed by atoms with E-state index < -0.39 is 15.6 Å². The fourth-order valence-electron chi connectivity index (χ4n) is 3.21. The van der Waals surface area contributed by atoms with Gasteiger partial charge in [0.1, 0.15) is 4.90 Å². The molecular weight excluding hydrogens is 446 g/mol. The molecule has 4 rings (SSSR count). The number of aryl methyl sites for hydroxylation is 2. The minimum Gasteiger partial charge on any atom is -0.477 e. The summed E-state index contributed by atoms with van der Waals surface area (Å²) in [6.07, 6.45) is 4.70. The van der Waals surface area contributed by atoms with E-state index in [0.29, 0.717) is 12.1 Å². The summed E-state index contributed by atoms with van der Waals surface area (Å²) in [5.41, 5.74) is 1.19. The highest BCUT2D eigenvalue weighted by Crippen LogP contribution is 2.30. The number of nitrogens with zero attached hydrogens (tertiary/aromatic N) is 6. The predicted molar refractivity (Wildman–Crippen MR) is 122 cm³/mol. The van der Waals surface area contributed by atoms with Crippen molar-refractivity contribution in [2.45, 2.75) is 30.8 Å². The zero-order valence-electron chi connectivity index (χ0n) is 18.7. The lowest BCUT2D eigenvalue weighted by Crippen LogP contribution is -2.22. The first-order valence-electron chi connectivity index (χ1n) is 10.2. The topological polar surface area (TPSA) is 137 Å². The molecule has 174 valence electrons. The fourth-order valence-corrected chi connectivity index (χ4v) is 4.13. The number of ether oxygens (including phenoxy) is 1. The van der Waals surface area contributed by atoms with E-state index >= 15 is 0 Å². The van der Waals surface area contributed by atoms with Crippen LogP contribution in [0.4, 0.5) is 5.95 Å². The molecule has 2 N–H and O–H groups in total. The Morgan fingerprint density at radius 2 is 1.94 bits per heavy atom. The molecule has 12 heteroatoms. The molecule has 0 bridgehead atoms. The molecule has 0 aliphatic heterocycles. The van der Waals surface area contributed by atoms with Crippen molar-refractivity contribution in [1.82, 2.24) is 29.5 Å². The van der Waals surface area contributed by atoms with E-state index in [-0.39, 0.29) is 23.3 Å². The van der Waals surface area contributed by atoms with Crippen molar-refractivity contribution in [3.05, 3.63) is 42.9 Å². The van der Waals surface area contributed by atoms with Crippen molar-refractivity contribution in [1.29, 1.82) is 0 Å². The zero-order valence-corrected chi connectivity index (χ0v) is 19.5. The van der Waals surface area contributed by atoms with Gasteiger partial charge in [-0.2, -0.15) is 15.2 Å². The summed E-state index contributed by atoms with van der Waals surface area (Å²) in [5, 5.41) is 19.0. The molecule has 0 aliphatic carbocycles. The molecule has 0 saturated carbocycles.